The van der Waals surface area contributed by atoms with Crippen LogP contribution >= 0.6 is 0 Å². The second kappa shape index (κ2) is 9.33. The summed E-state index contributed by atoms with van der Waals surface area (Å²) >= 11 is 0. The maximum atomic E-state index is 11.2. The van der Waals surface area contributed by atoms with Gasteiger partial charge in [0.25, 0.3) is 0 Å². The molecule has 0 aliphatic rings. The van der Waals surface area contributed by atoms with E-state index in [1.807, 2.05) is 0 Å². The van der Waals surface area contributed by atoms with Gasteiger partial charge < -0.3 is 10.1 Å². The fourth-order valence-corrected chi connectivity index (χ4v) is 1.10. The van der Waals surface area contributed by atoms with E-state index in [4.69, 9.17) is 4.74 Å². The topological polar surface area (TPSA) is 55.4 Å². The Kier molecular flexibility index (Phi) is 8.81. The molecule has 0 aromatic heterocycles. The Labute approximate surface area is 99.2 Å². The molecular weight excluding hydrogens is 206 g/mol. The van der Waals surface area contributed by atoms with E-state index in [9.17, 15) is 9.59 Å². The molecule has 0 fully saturated rings. The molecule has 0 aliphatic carbocycles. The second-order valence-electron chi connectivity index (χ2n) is 4.21. The van der Waals surface area contributed by atoms with Crippen LogP contribution in [0.25, 0.3) is 0 Å². The van der Waals surface area contributed by atoms with E-state index in [1.165, 1.54) is 0 Å². The quantitative estimate of drug-likeness (QED) is 0.615. The minimum absolute atomic E-state index is 0. The first-order chi connectivity index (χ1) is 7.56. The first-order valence-corrected chi connectivity index (χ1v) is 5.92. The molecule has 4 nitrogen and oxygen atoms in total. The van der Waals surface area contributed by atoms with Crippen molar-refractivity contribution in [1.82, 2.24) is 5.32 Å². The Morgan fingerprint density at radius 2 is 2.00 bits per heavy atom. The highest BCUT2D eigenvalue weighted by molar-refractivity contribution is 5.84. The Balaban J connectivity index is 0. The molecule has 16 heavy (non-hydrogen) atoms. The number of hydrogen-bond acceptors (Lipinski definition) is 3. The number of hydrogen-bond donors (Lipinski definition) is 1. The summed E-state index contributed by atoms with van der Waals surface area (Å²) in [7, 11) is 0. The van der Waals surface area contributed by atoms with Crippen molar-refractivity contribution in [3.8, 4) is 0 Å². The second-order valence-corrected chi connectivity index (χ2v) is 4.21. The maximum absolute atomic E-state index is 11.2. The molecule has 0 aromatic carbocycles. The third kappa shape index (κ3) is 9.65. The molecular formula is C12H25NO3. The van der Waals surface area contributed by atoms with Crippen LogP contribution in [-0.4, -0.2) is 31.4 Å². The number of nitrogens with one attached hydrogen (secondary N) is 1. The van der Waals surface area contributed by atoms with Crippen LogP contribution in [0.3, 0.4) is 0 Å². The van der Waals surface area contributed by atoms with Crippen molar-refractivity contribution in [2.75, 3.05) is 19.8 Å². The standard InChI is InChI=1S/C12H23NO3.H2/c1-4-11(14)5-6-12(15)13-7-8-16-9-10(2)3;/h10H,4-9H2,1-3H3,(H,13,15);1H. The van der Waals surface area contributed by atoms with Gasteiger partial charge in [-0.25, -0.2) is 0 Å². The number of ketones is 1. The lowest BCUT2D eigenvalue weighted by atomic mass is 10.2. The predicted molar refractivity (Wildman–Crippen MR) is 65.3 cm³/mol. The van der Waals surface area contributed by atoms with Crippen LogP contribution in [0.2, 0.25) is 0 Å². The summed E-state index contributed by atoms with van der Waals surface area (Å²) in [5.74, 6) is 0.569. The highest BCUT2D eigenvalue weighted by Crippen LogP contribution is 1.94. The zero-order chi connectivity index (χ0) is 12.4. The Morgan fingerprint density at radius 3 is 2.56 bits per heavy atom. The van der Waals surface area contributed by atoms with Crippen molar-refractivity contribution in [1.29, 1.82) is 0 Å². The minimum atomic E-state index is -0.0741. The van der Waals surface area contributed by atoms with Crippen LogP contribution in [0.1, 0.15) is 41.5 Å². The van der Waals surface area contributed by atoms with Crippen LogP contribution in [0.5, 0.6) is 0 Å². The molecule has 0 aromatic rings. The van der Waals surface area contributed by atoms with E-state index in [1.54, 1.807) is 6.92 Å². The molecule has 0 saturated carbocycles. The lowest BCUT2D eigenvalue weighted by Gasteiger charge is -2.07. The number of Topliss-reactive ketones (excluding diaryl/α,β-unsaturated/α-hetero) is 1. The van der Waals surface area contributed by atoms with Gasteiger partial charge in [0.1, 0.15) is 5.78 Å². The summed E-state index contributed by atoms with van der Waals surface area (Å²) in [6, 6.07) is 0. The summed E-state index contributed by atoms with van der Waals surface area (Å²) in [6.45, 7) is 7.73. The molecule has 0 spiro atoms. The number of carbonyl (C=O) groups is 2. The highest BCUT2D eigenvalue weighted by atomic mass is 16.5. The first-order valence-electron chi connectivity index (χ1n) is 5.92. The van der Waals surface area contributed by atoms with Crippen LogP contribution in [0, 0.1) is 5.92 Å². The summed E-state index contributed by atoms with van der Waals surface area (Å²) in [4.78, 5) is 22.2. The summed E-state index contributed by atoms with van der Waals surface area (Å²) in [6.07, 6.45) is 1.14. The first kappa shape index (κ1) is 15.1. The molecule has 0 rings (SSSR count). The number of carbonyl (C=O) groups excluding carboxylic acids is 2. The van der Waals surface area contributed by atoms with Crippen LogP contribution < -0.4 is 5.32 Å². The molecule has 1 amide bonds. The van der Waals surface area contributed by atoms with Gasteiger partial charge >= 0.3 is 0 Å². The smallest absolute Gasteiger partial charge is 0.220 e. The molecule has 0 atom stereocenters. The normalized spacial score (nSPS) is 10.5. The van der Waals surface area contributed by atoms with E-state index in [2.05, 4.69) is 19.2 Å². The Morgan fingerprint density at radius 1 is 1.31 bits per heavy atom. The van der Waals surface area contributed by atoms with Crippen molar-refractivity contribution in [3.63, 3.8) is 0 Å². The minimum Gasteiger partial charge on any atom is -0.379 e. The van der Waals surface area contributed by atoms with Gasteiger partial charge in [0, 0.05) is 33.8 Å². The van der Waals surface area contributed by atoms with Crippen LogP contribution in [0.4, 0.5) is 0 Å². The molecule has 96 valence electrons. The average Bonchev–Trinajstić information content (AvgIpc) is 2.24. The fraction of sp³-hybridized carbons (Fsp3) is 0.833. The van der Waals surface area contributed by atoms with Crippen molar-refractivity contribution in [2.24, 2.45) is 5.92 Å². The zero-order valence-electron chi connectivity index (χ0n) is 10.5. The van der Waals surface area contributed by atoms with Gasteiger partial charge in [-0.3, -0.25) is 9.59 Å². The predicted octanol–water partition coefficient (Wildman–Crippen LogP) is 1.78. The van der Waals surface area contributed by atoms with E-state index in [-0.39, 0.29) is 19.5 Å². The molecule has 0 unspecified atom stereocenters. The number of ether oxygens (including phenoxy) is 1. The number of rotatable bonds is 9. The van der Waals surface area contributed by atoms with Crippen molar-refractivity contribution < 1.29 is 15.8 Å². The van der Waals surface area contributed by atoms with Gasteiger partial charge in [-0.1, -0.05) is 20.8 Å². The molecule has 0 radical (unpaired) electrons. The molecule has 0 heterocycles. The van der Waals surface area contributed by atoms with Gasteiger partial charge in [-0.2, -0.15) is 0 Å². The maximum Gasteiger partial charge on any atom is 0.220 e. The molecule has 0 saturated heterocycles. The van der Waals surface area contributed by atoms with Gasteiger partial charge in [-0.15, -0.1) is 0 Å². The van der Waals surface area contributed by atoms with E-state index in [0.717, 1.165) is 0 Å². The Hall–Kier alpha value is -0.900. The summed E-state index contributed by atoms with van der Waals surface area (Å²) < 4.78 is 5.31. The highest BCUT2D eigenvalue weighted by Gasteiger charge is 2.04. The van der Waals surface area contributed by atoms with E-state index >= 15 is 0 Å². The summed E-state index contributed by atoms with van der Waals surface area (Å²) in [5, 5.41) is 2.72. The SMILES string of the molecule is CCC(=O)CCC(=O)NCCOCC(C)C.[HH]. The molecule has 0 aliphatic heterocycles. The van der Waals surface area contributed by atoms with E-state index in [0.29, 0.717) is 38.5 Å². The fourth-order valence-electron chi connectivity index (χ4n) is 1.10. The van der Waals surface area contributed by atoms with Gasteiger partial charge in [0.2, 0.25) is 5.91 Å². The molecule has 1 N–H and O–H groups in total. The van der Waals surface area contributed by atoms with Crippen molar-refractivity contribution >= 4 is 11.7 Å². The van der Waals surface area contributed by atoms with Crippen molar-refractivity contribution in [2.45, 2.75) is 40.0 Å². The third-order valence-corrected chi connectivity index (χ3v) is 2.04. The lowest BCUT2D eigenvalue weighted by Crippen LogP contribution is -2.27. The third-order valence-electron chi connectivity index (χ3n) is 2.04. The molecule has 4 heteroatoms. The summed E-state index contributed by atoms with van der Waals surface area (Å²) in [5.41, 5.74) is 0. The molecule has 0 bridgehead atoms. The average molecular weight is 231 g/mol. The largest absolute Gasteiger partial charge is 0.379 e. The van der Waals surface area contributed by atoms with Crippen LogP contribution in [-0.2, 0) is 14.3 Å². The number of amides is 1. The van der Waals surface area contributed by atoms with Crippen molar-refractivity contribution in [3.05, 3.63) is 0 Å². The van der Waals surface area contributed by atoms with Gasteiger partial charge in [0.05, 0.1) is 6.61 Å². The zero-order valence-corrected chi connectivity index (χ0v) is 10.5. The Bertz CT molecular complexity index is 220. The lowest BCUT2D eigenvalue weighted by molar-refractivity contribution is -0.125. The van der Waals surface area contributed by atoms with Crippen LogP contribution in [0.15, 0.2) is 0 Å². The van der Waals surface area contributed by atoms with E-state index < -0.39 is 0 Å². The van der Waals surface area contributed by atoms with Gasteiger partial charge in [-0.05, 0) is 5.92 Å². The monoisotopic (exact) mass is 231 g/mol. The van der Waals surface area contributed by atoms with Gasteiger partial charge in [0.15, 0.2) is 0 Å².